The lowest BCUT2D eigenvalue weighted by atomic mass is 10.1. The molecule has 0 saturated carbocycles. The summed E-state index contributed by atoms with van der Waals surface area (Å²) in [5.74, 6) is 2.62. The summed E-state index contributed by atoms with van der Waals surface area (Å²) < 4.78 is 22.4. The number of hydrogen-bond donors (Lipinski definition) is 1. The van der Waals surface area contributed by atoms with Crippen LogP contribution in [0.4, 0.5) is 0 Å². The van der Waals surface area contributed by atoms with Crippen molar-refractivity contribution in [1.29, 1.82) is 0 Å². The van der Waals surface area contributed by atoms with Gasteiger partial charge in [-0.05, 0) is 48.4 Å². The molecule has 0 saturated heterocycles. The number of fused-ring (bicyclic) bond motifs is 2. The molecule has 6 nitrogen and oxygen atoms in total. The fourth-order valence-electron chi connectivity index (χ4n) is 3.01. The van der Waals surface area contributed by atoms with Crippen molar-refractivity contribution in [3.05, 3.63) is 47.0 Å². The summed E-state index contributed by atoms with van der Waals surface area (Å²) in [6, 6.07) is 9.14. The molecule has 4 rings (SSSR count). The summed E-state index contributed by atoms with van der Waals surface area (Å²) in [5.41, 5.74) is 2.59. The zero-order chi connectivity index (χ0) is 17.9. The number of hydrogen-bond acceptors (Lipinski definition) is 5. The molecule has 0 spiro atoms. The topological polar surface area (TPSA) is 66.0 Å². The van der Waals surface area contributed by atoms with Gasteiger partial charge in [0, 0.05) is 18.5 Å². The van der Waals surface area contributed by atoms with Crippen molar-refractivity contribution >= 4 is 5.91 Å². The van der Waals surface area contributed by atoms with Gasteiger partial charge in [0.2, 0.25) is 0 Å². The smallest absolute Gasteiger partial charge is 0.251 e. The first-order chi connectivity index (χ1) is 12.7. The normalized spacial score (nSPS) is 15.1. The number of benzene rings is 2. The Hall–Kier alpha value is -2.89. The Morgan fingerprint density at radius 2 is 1.54 bits per heavy atom. The molecule has 6 heteroatoms. The van der Waals surface area contributed by atoms with Gasteiger partial charge in [0.25, 0.3) is 5.91 Å². The van der Waals surface area contributed by atoms with Gasteiger partial charge in [0.15, 0.2) is 23.0 Å². The van der Waals surface area contributed by atoms with Gasteiger partial charge in [-0.1, -0.05) is 0 Å². The van der Waals surface area contributed by atoms with E-state index in [2.05, 4.69) is 5.32 Å². The molecule has 2 aliphatic heterocycles. The first-order valence-electron chi connectivity index (χ1n) is 8.78. The van der Waals surface area contributed by atoms with Crippen LogP contribution in [-0.4, -0.2) is 32.3 Å². The van der Waals surface area contributed by atoms with Crippen molar-refractivity contribution in [3.8, 4) is 23.0 Å². The molecule has 2 aliphatic rings. The second-order valence-corrected chi connectivity index (χ2v) is 6.32. The van der Waals surface area contributed by atoms with Crippen molar-refractivity contribution in [2.24, 2.45) is 0 Å². The van der Waals surface area contributed by atoms with E-state index in [0.29, 0.717) is 50.0 Å². The monoisotopic (exact) mass is 355 g/mol. The van der Waals surface area contributed by atoms with Crippen molar-refractivity contribution in [1.82, 2.24) is 5.32 Å². The first kappa shape index (κ1) is 16.6. The summed E-state index contributed by atoms with van der Waals surface area (Å²) in [6.07, 6.45) is 0.833. The lowest BCUT2D eigenvalue weighted by Gasteiger charge is -2.20. The predicted octanol–water partition coefficient (Wildman–Crippen LogP) is 2.86. The van der Waals surface area contributed by atoms with Crippen LogP contribution < -0.4 is 24.3 Å². The highest BCUT2D eigenvalue weighted by atomic mass is 16.6. The number of carbonyl (C=O) groups excluding carboxylic acids is 1. The Labute approximate surface area is 152 Å². The molecule has 0 aliphatic carbocycles. The zero-order valence-electron chi connectivity index (χ0n) is 14.7. The first-order valence-corrected chi connectivity index (χ1v) is 8.78. The molecule has 2 aromatic rings. The molecule has 26 heavy (non-hydrogen) atoms. The standard InChI is InChI=1S/C20H21NO5/c1-13-9-17-19(26-8-7-25-17)11-15(13)12-21-20(22)14-3-4-16-18(10-14)24-6-2-5-23-16/h3-4,9-11H,2,5-8,12H2,1H3,(H,21,22). The van der Waals surface area contributed by atoms with Crippen molar-refractivity contribution in [3.63, 3.8) is 0 Å². The van der Waals surface area contributed by atoms with Gasteiger partial charge in [-0.2, -0.15) is 0 Å². The second-order valence-electron chi connectivity index (χ2n) is 6.32. The van der Waals surface area contributed by atoms with Crippen LogP contribution in [0.25, 0.3) is 0 Å². The highest BCUT2D eigenvalue weighted by Crippen LogP contribution is 2.33. The molecule has 0 unspecified atom stereocenters. The van der Waals surface area contributed by atoms with Crippen LogP contribution in [0.1, 0.15) is 27.9 Å². The Morgan fingerprint density at radius 1 is 0.885 bits per heavy atom. The Kier molecular flexibility index (Phi) is 4.56. The van der Waals surface area contributed by atoms with Crippen molar-refractivity contribution in [2.75, 3.05) is 26.4 Å². The van der Waals surface area contributed by atoms with E-state index in [4.69, 9.17) is 18.9 Å². The van der Waals surface area contributed by atoms with E-state index in [1.54, 1.807) is 18.2 Å². The minimum absolute atomic E-state index is 0.157. The summed E-state index contributed by atoms with van der Waals surface area (Å²) in [5, 5.41) is 2.95. The fraction of sp³-hybridized carbons (Fsp3) is 0.350. The van der Waals surface area contributed by atoms with Crippen LogP contribution in [0, 0.1) is 6.92 Å². The molecule has 0 bridgehead atoms. The van der Waals surface area contributed by atoms with Gasteiger partial charge < -0.3 is 24.3 Å². The van der Waals surface area contributed by atoms with Gasteiger partial charge in [-0.3, -0.25) is 4.79 Å². The second kappa shape index (κ2) is 7.15. The molecule has 1 amide bonds. The van der Waals surface area contributed by atoms with Gasteiger partial charge >= 0.3 is 0 Å². The number of nitrogens with one attached hydrogen (secondary N) is 1. The average Bonchev–Trinajstić information content (AvgIpc) is 2.90. The average molecular weight is 355 g/mol. The minimum atomic E-state index is -0.157. The van der Waals surface area contributed by atoms with E-state index in [0.717, 1.165) is 29.0 Å². The van der Waals surface area contributed by atoms with E-state index in [1.165, 1.54) is 0 Å². The maximum absolute atomic E-state index is 12.5. The summed E-state index contributed by atoms with van der Waals surface area (Å²) >= 11 is 0. The van der Waals surface area contributed by atoms with Gasteiger partial charge in [0.05, 0.1) is 13.2 Å². The fourth-order valence-corrected chi connectivity index (χ4v) is 3.01. The van der Waals surface area contributed by atoms with Crippen molar-refractivity contribution in [2.45, 2.75) is 19.9 Å². The van der Waals surface area contributed by atoms with Crippen LogP contribution in [0.5, 0.6) is 23.0 Å². The number of aryl methyl sites for hydroxylation is 1. The van der Waals surface area contributed by atoms with E-state index in [9.17, 15) is 4.79 Å². The van der Waals surface area contributed by atoms with Crippen LogP contribution >= 0.6 is 0 Å². The third-order valence-electron chi connectivity index (χ3n) is 4.45. The maximum atomic E-state index is 12.5. The van der Waals surface area contributed by atoms with Crippen LogP contribution in [0.2, 0.25) is 0 Å². The molecule has 136 valence electrons. The Balaban J connectivity index is 1.46. The molecule has 0 atom stereocenters. The molecule has 0 radical (unpaired) electrons. The Morgan fingerprint density at radius 3 is 2.35 bits per heavy atom. The lowest BCUT2D eigenvalue weighted by molar-refractivity contribution is 0.0950. The molecule has 0 fully saturated rings. The Bertz CT molecular complexity index is 833. The van der Waals surface area contributed by atoms with Crippen molar-refractivity contribution < 1.29 is 23.7 Å². The minimum Gasteiger partial charge on any atom is -0.490 e. The van der Waals surface area contributed by atoms with Gasteiger partial charge in [-0.15, -0.1) is 0 Å². The van der Waals surface area contributed by atoms with Crippen LogP contribution in [0.3, 0.4) is 0 Å². The number of ether oxygens (including phenoxy) is 4. The number of rotatable bonds is 3. The van der Waals surface area contributed by atoms with Gasteiger partial charge in [0.1, 0.15) is 13.2 Å². The third kappa shape index (κ3) is 3.40. The van der Waals surface area contributed by atoms with E-state index >= 15 is 0 Å². The highest BCUT2D eigenvalue weighted by molar-refractivity contribution is 5.94. The quantitative estimate of drug-likeness (QED) is 0.917. The van der Waals surface area contributed by atoms with E-state index in [-0.39, 0.29) is 5.91 Å². The molecular formula is C20H21NO5. The molecule has 2 aromatic carbocycles. The molecule has 2 heterocycles. The predicted molar refractivity (Wildman–Crippen MR) is 95.4 cm³/mol. The van der Waals surface area contributed by atoms with Gasteiger partial charge in [-0.25, -0.2) is 0 Å². The van der Waals surface area contributed by atoms with E-state index in [1.807, 2.05) is 19.1 Å². The number of amides is 1. The summed E-state index contributed by atoms with van der Waals surface area (Å²) in [7, 11) is 0. The SMILES string of the molecule is Cc1cc2c(cc1CNC(=O)c1ccc3c(c1)OCCCO3)OCCO2. The summed E-state index contributed by atoms with van der Waals surface area (Å²) in [6.45, 7) is 4.73. The highest BCUT2D eigenvalue weighted by Gasteiger charge is 2.16. The third-order valence-corrected chi connectivity index (χ3v) is 4.45. The maximum Gasteiger partial charge on any atom is 0.251 e. The van der Waals surface area contributed by atoms with Crippen LogP contribution in [-0.2, 0) is 6.54 Å². The lowest BCUT2D eigenvalue weighted by Crippen LogP contribution is -2.23. The molecule has 1 N–H and O–H groups in total. The molecular weight excluding hydrogens is 334 g/mol. The zero-order valence-corrected chi connectivity index (χ0v) is 14.7. The molecule has 0 aromatic heterocycles. The summed E-state index contributed by atoms with van der Waals surface area (Å²) in [4.78, 5) is 12.5. The number of carbonyl (C=O) groups is 1. The van der Waals surface area contributed by atoms with E-state index < -0.39 is 0 Å². The van der Waals surface area contributed by atoms with Crippen LogP contribution in [0.15, 0.2) is 30.3 Å². The largest absolute Gasteiger partial charge is 0.490 e.